The van der Waals surface area contributed by atoms with E-state index in [2.05, 4.69) is 21.2 Å². The van der Waals surface area contributed by atoms with E-state index >= 15 is 0 Å². The number of anilines is 2. The van der Waals surface area contributed by atoms with Crippen molar-refractivity contribution in [2.45, 2.75) is 25.7 Å². The summed E-state index contributed by atoms with van der Waals surface area (Å²) in [5.41, 5.74) is -0.391. The molecule has 2 aromatic carbocycles. The first-order chi connectivity index (χ1) is 14.8. The second-order valence-electron chi connectivity index (χ2n) is 7.48. The number of halogens is 4. The van der Waals surface area contributed by atoms with E-state index in [0.717, 1.165) is 37.1 Å². The van der Waals surface area contributed by atoms with Crippen molar-refractivity contribution in [2.24, 2.45) is 0 Å². The van der Waals surface area contributed by atoms with E-state index in [1.807, 2.05) is 0 Å². The van der Waals surface area contributed by atoms with Gasteiger partial charge in [0.1, 0.15) is 17.4 Å². The first kappa shape index (κ1) is 23.2. The summed E-state index contributed by atoms with van der Waals surface area (Å²) in [6, 6.07) is 6.16. The maximum Gasteiger partial charge on any atom is 0.195 e. The zero-order valence-corrected chi connectivity index (χ0v) is 19.0. The topological polar surface area (TPSA) is 45.5 Å². The van der Waals surface area contributed by atoms with Gasteiger partial charge in [0.15, 0.2) is 16.8 Å². The number of fused-ring (bicyclic) bond motifs is 1. The third kappa shape index (κ3) is 5.23. The molecule has 0 aliphatic carbocycles. The molecule has 0 atom stereocenters. The molecule has 4 nitrogen and oxygen atoms in total. The molecule has 0 aliphatic rings. The lowest BCUT2D eigenvalue weighted by Crippen LogP contribution is -2.11. The van der Waals surface area contributed by atoms with Gasteiger partial charge in [0.05, 0.1) is 16.8 Å². The highest BCUT2D eigenvalue weighted by Gasteiger charge is 2.19. The average molecular weight is 497 g/mol. The van der Waals surface area contributed by atoms with Crippen LogP contribution in [0.25, 0.3) is 22.3 Å². The second kappa shape index (κ2) is 10.2. The summed E-state index contributed by atoms with van der Waals surface area (Å²) >= 11 is 3.37. The molecular formula is C23H24BrF3N2O2. The minimum Gasteiger partial charge on any atom is -0.453 e. The largest absolute Gasteiger partial charge is 0.453 e. The van der Waals surface area contributed by atoms with Crippen LogP contribution in [0.5, 0.6) is 0 Å². The summed E-state index contributed by atoms with van der Waals surface area (Å²) in [5.74, 6) is -2.34. The van der Waals surface area contributed by atoms with Crippen LogP contribution in [0.4, 0.5) is 24.5 Å². The van der Waals surface area contributed by atoms with Crippen molar-refractivity contribution >= 4 is 38.3 Å². The van der Waals surface area contributed by atoms with Gasteiger partial charge in [-0.05, 0) is 31.0 Å². The number of nitrogens with zero attached hydrogens (tertiary/aromatic N) is 1. The van der Waals surface area contributed by atoms with Gasteiger partial charge in [-0.2, -0.15) is 0 Å². The molecule has 3 rings (SSSR count). The van der Waals surface area contributed by atoms with Crippen molar-refractivity contribution in [3.05, 3.63) is 58.0 Å². The minimum absolute atomic E-state index is 0.00735. The van der Waals surface area contributed by atoms with Gasteiger partial charge in [0.2, 0.25) is 0 Å². The molecule has 1 heterocycles. The van der Waals surface area contributed by atoms with E-state index in [-0.39, 0.29) is 28.0 Å². The third-order valence-electron chi connectivity index (χ3n) is 4.98. The van der Waals surface area contributed by atoms with Crippen molar-refractivity contribution in [1.82, 2.24) is 0 Å². The third-order valence-corrected chi connectivity index (χ3v) is 5.54. The van der Waals surface area contributed by atoms with Crippen molar-refractivity contribution < 1.29 is 17.6 Å². The Morgan fingerprint density at radius 1 is 0.968 bits per heavy atom. The van der Waals surface area contributed by atoms with Crippen molar-refractivity contribution in [1.29, 1.82) is 0 Å². The molecule has 0 amide bonds. The Hall–Kier alpha value is -2.48. The fourth-order valence-corrected chi connectivity index (χ4v) is 3.79. The van der Waals surface area contributed by atoms with E-state index < -0.39 is 22.9 Å². The lowest BCUT2D eigenvalue weighted by molar-refractivity contribution is 0.545. The van der Waals surface area contributed by atoms with Gasteiger partial charge in [-0.3, -0.25) is 4.79 Å². The lowest BCUT2D eigenvalue weighted by Gasteiger charge is -2.14. The molecule has 0 saturated heterocycles. The van der Waals surface area contributed by atoms with Gasteiger partial charge in [0, 0.05) is 43.7 Å². The van der Waals surface area contributed by atoms with Crippen LogP contribution < -0.4 is 15.6 Å². The predicted octanol–water partition coefficient (Wildman–Crippen LogP) is 6.31. The van der Waals surface area contributed by atoms with E-state index in [9.17, 15) is 18.0 Å². The van der Waals surface area contributed by atoms with E-state index in [1.54, 1.807) is 31.1 Å². The fraction of sp³-hybridized carbons (Fsp3) is 0.348. The Morgan fingerprint density at radius 2 is 1.71 bits per heavy atom. The molecule has 0 spiro atoms. The summed E-state index contributed by atoms with van der Waals surface area (Å²) in [6.07, 6.45) is 3.82. The number of benzene rings is 2. The van der Waals surface area contributed by atoms with Gasteiger partial charge >= 0.3 is 0 Å². The van der Waals surface area contributed by atoms with Gasteiger partial charge in [-0.15, -0.1) is 0 Å². The Morgan fingerprint density at radius 3 is 2.39 bits per heavy atom. The maximum absolute atomic E-state index is 14.5. The van der Waals surface area contributed by atoms with Gasteiger partial charge < -0.3 is 14.6 Å². The van der Waals surface area contributed by atoms with Crippen molar-refractivity contribution in [3.8, 4) is 11.3 Å². The Bertz CT molecular complexity index is 1130. The summed E-state index contributed by atoms with van der Waals surface area (Å²) in [4.78, 5) is 14.4. The number of alkyl halides is 1. The zero-order chi connectivity index (χ0) is 22.5. The minimum atomic E-state index is -0.986. The molecule has 0 aliphatic heterocycles. The highest BCUT2D eigenvalue weighted by Crippen LogP contribution is 2.31. The van der Waals surface area contributed by atoms with E-state index in [0.29, 0.717) is 18.3 Å². The summed E-state index contributed by atoms with van der Waals surface area (Å²) in [6.45, 7) is 0.443. The van der Waals surface area contributed by atoms with Crippen LogP contribution in [-0.4, -0.2) is 26.0 Å². The average Bonchev–Trinajstić information content (AvgIpc) is 2.72. The molecule has 0 fully saturated rings. The molecule has 1 N–H and O–H groups in total. The standard InChI is InChI=1S/C23H24BrF3N2O2/c1-29(2)18-8-7-14(11-15(18)25)20-13-19(30)21-22(28-10-6-4-3-5-9-24)16(26)12-17(27)23(21)31-20/h7-8,11-13,28H,3-6,9-10H2,1-2H3. The number of unbranched alkanes of at least 4 members (excludes halogenated alkanes) is 3. The highest BCUT2D eigenvalue weighted by atomic mass is 79.9. The Kier molecular flexibility index (Phi) is 7.64. The van der Waals surface area contributed by atoms with Crippen LogP contribution in [-0.2, 0) is 0 Å². The van der Waals surface area contributed by atoms with Crippen LogP contribution in [0, 0.1) is 17.5 Å². The molecular weight excluding hydrogens is 473 g/mol. The molecule has 8 heteroatoms. The number of hydrogen-bond donors (Lipinski definition) is 1. The molecule has 31 heavy (non-hydrogen) atoms. The van der Waals surface area contributed by atoms with Gasteiger partial charge in [0.25, 0.3) is 0 Å². The summed E-state index contributed by atoms with van der Waals surface area (Å²) in [5, 5.41) is 3.66. The van der Waals surface area contributed by atoms with Gasteiger partial charge in [-0.1, -0.05) is 28.8 Å². The number of nitrogens with one attached hydrogen (secondary N) is 1. The smallest absolute Gasteiger partial charge is 0.195 e. The van der Waals surface area contributed by atoms with Crippen LogP contribution in [0.3, 0.4) is 0 Å². The van der Waals surface area contributed by atoms with E-state index in [1.165, 1.54) is 6.07 Å². The van der Waals surface area contributed by atoms with Crippen molar-refractivity contribution in [3.63, 3.8) is 0 Å². The number of hydrogen-bond acceptors (Lipinski definition) is 4. The number of rotatable bonds is 9. The second-order valence-corrected chi connectivity index (χ2v) is 8.28. The molecule has 0 unspecified atom stereocenters. The SMILES string of the molecule is CN(C)c1ccc(-c2cc(=O)c3c(NCCCCCCBr)c(F)cc(F)c3o2)cc1F. The normalized spacial score (nSPS) is 11.2. The molecule has 0 radical (unpaired) electrons. The van der Waals surface area contributed by atoms with Crippen LogP contribution in [0.2, 0.25) is 0 Å². The Balaban J connectivity index is 1.97. The lowest BCUT2D eigenvalue weighted by atomic mass is 10.1. The predicted molar refractivity (Wildman–Crippen MR) is 123 cm³/mol. The molecule has 1 aromatic heterocycles. The summed E-state index contributed by atoms with van der Waals surface area (Å²) < 4.78 is 48.9. The molecule has 0 saturated carbocycles. The monoisotopic (exact) mass is 496 g/mol. The Labute approximate surface area is 187 Å². The quantitative estimate of drug-likeness (QED) is 0.278. The first-order valence-electron chi connectivity index (χ1n) is 10.1. The van der Waals surface area contributed by atoms with E-state index in [4.69, 9.17) is 4.42 Å². The zero-order valence-electron chi connectivity index (χ0n) is 17.4. The van der Waals surface area contributed by atoms with Crippen LogP contribution in [0.1, 0.15) is 25.7 Å². The molecule has 0 bridgehead atoms. The molecule has 166 valence electrons. The summed E-state index contributed by atoms with van der Waals surface area (Å²) in [7, 11) is 3.41. The van der Waals surface area contributed by atoms with Gasteiger partial charge in [-0.25, -0.2) is 13.2 Å². The maximum atomic E-state index is 14.5. The first-order valence-corrected chi connectivity index (χ1v) is 11.2. The molecule has 3 aromatic rings. The fourth-order valence-electron chi connectivity index (χ4n) is 3.39. The van der Waals surface area contributed by atoms with Crippen LogP contribution in [0.15, 0.2) is 39.5 Å². The van der Waals surface area contributed by atoms with Crippen LogP contribution >= 0.6 is 15.9 Å². The van der Waals surface area contributed by atoms with Crippen molar-refractivity contribution in [2.75, 3.05) is 36.2 Å². The highest BCUT2D eigenvalue weighted by molar-refractivity contribution is 9.09.